The predicted molar refractivity (Wildman–Crippen MR) is 213 cm³/mol. The Kier molecular flexibility index (Phi) is 13.7. The first-order valence-corrected chi connectivity index (χ1v) is 21.7. The van der Waals surface area contributed by atoms with E-state index in [1.807, 2.05) is 14.2 Å². The topological polar surface area (TPSA) is 89.5 Å². The van der Waals surface area contributed by atoms with Crippen molar-refractivity contribution in [3.05, 3.63) is 0 Å². The molecule has 8 heteroatoms. The van der Waals surface area contributed by atoms with Crippen LogP contribution in [0.2, 0.25) is 0 Å². The lowest BCUT2D eigenvalue weighted by molar-refractivity contribution is -0.220. The van der Waals surface area contributed by atoms with Gasteiger partial charge in [0.1, 0.15) is 25.2 Å². The summed E-state index contributed by atoms with van der Waals surface area (Å²) in [7, 11) is 7.05. The van der Waals surface area contributed by atoms with Gasteiger partial charge in [-0.3, -0.25) is 9.59 Å². The molecule has 0 amide bonds. The van der Waals surface area contributed by atoms with E-state index in [0.29, 0.717) is 47.9 Å². The maximum Gasteiger partial charge on any atom is 0.146 e. The summed E-state index contributed by atoms with van der Waals surface area (Å²) in [6, 6.07) is 0. The molecule has 6 aliphatic rings. The molecule has 0 heterocycles. The second-order valence-corrected chi connectivity index (χ2v) is 20.5. The average molecular weight is 761 g/mol. The maximum atomic E-state index is 14.1. The van der Waals surface area contributed by atoms with Crippen LogP contribution in [0.25, 0.3) is 0 Å². The van der Waals surface area contributed by atoms with Crippen molar-refractivity contribution in [1.82, 2.24) is 0 Å². The zero-order chi connectivity index (χ0) is 40.0. The lowest BCUT2D eigenvalue weighted by Gasteiger charge is -2.62. The molecule has 0 aromatic heterocycles. The van der Waals surface area contributed by atoms with E-state index in [0.717, 1.165) is 64.2 Å². The van der Waals surface area contributed by atoms with E-state index in [1.165, 1.54) is 6.42 Å². The fourth-order valence-electron chi connectivity index (χ4n) is 14.7. The number of carbonyl (C=O) groups is 2. The standard InChI is InChI=1S/C25H44O4.C21H36O4/c1-16(2)13-23(5)14-20(29-15-27-7)24(6)17(3)9-11-25(18(4)22(23)26)12-10-19(28-8)21(24)25;1-13-11-17(25-12-23-5)20(4)14(2)7-9-21(15(3)18(13)22)10-8-16(24-6)19(20)21/h16-21H,9-15H2,1-8H3;13-17,19H,7-12H2,1-6H3/t17-,18+,19-,20-,21?,23-,24+,25?;13-,14+,15-,16+,17+,19?,20-,21?/m10/s1. The quantitative estimate of drug-likeness (QED) is 0.204. The summed E-state index contributed by atoms with van der Waals surface area (Å²) in [4.78, 5) is 27.3. The Hall–Kier alpha value is -0.900. The molecule has 0 aromatic carbocycles. The average Bonchev–Trinajstić information content (AvgIpc) is 3.74. The molecule has 312 valence electrons. The van der Waals surface area contributed by atoms with Gasteiger partial charge in [0.15, 0.2) is 0 Å². The normalized spacial score (nSPS) is 48.9. The van der Waals surface area contributed by atoms with Crippen LogP contribution in [0, 0.1) is 74.4 Å². The fourth-order valence-corrected chi connectivity index (χ4v) is 14.7. The Morgan fingerprint density at radius 1 is 0.648 bits per heavy atom. The molecule has 4 bridgehead atoms. The first-order valence-electron chi connectivity index (χ1n) is 21.7. The molecule has 4 unspecified atom stereocenters. The highest BCUT2D eigenvalue weighted by Gasteiger charge is 2.69. The molecule has 6 aliphatic carbocycles. The third kappa shape index (κ3) is 7.03. The first kappa shape index (κ1) is 44.2. The number of carbonyl (C=O) groups excluding carboxylic acids is 2. The molecule has 6 fully saturated rings. The van der Waals surface area contributed by atoms with E-state index in [-0.39, 0.29) is 76.0 Å². The maximum absolute atomic E-state index is 14.1. The van der Waals surface area contributed by atoms with Crippen molar-refractivity contribution in [1.29, 1.82) is 0 Å². The highest BCUT2D eigenvalue weighted by molar-refractivity contribution is 5.87. The van der Waals surface area contributed by atoms with Gasteiger partial charge in [0, 0.05) is 62.4 Å². The summed E-state index contributed by atoms with van der Waals surface area (Å²) in [5, 5.41) is 0. The van der Waals surface area contributed by atoms with Crippen LogP contribution in [0.5, 0.6) is 0 Å². The van der Waals surface area contributed by atoms with Crippen LogP contribution in [0.3, 0.4) is 0 Å². The molecule has 0 aromatic rings. The molecule has 6 saturated carbocycles. The predicted octanol–water partition coefficient (Wildman–Crippen LogP) is 9.55. The lowest BCUT2D eigenvalue weighted by Crippen LogP contribution is -2.63. The Balaban J connectivity index is 0.000000210. The van der Waals surface area contributed by atoms with Crippen LogP contribution in [0.15, 0.2) is 0 Å². The second kappa shape index (κ2) is 16.8. The van der Waals surface area contributed by atoms with Crippen molar-refractivity contribution in [2.45, 2.75) is 164 Å². The van der Waals surface area contributed by atoms with Gasteiger partial charge in [-0.15, -0.1) is 0 Å². The minimum Gasteiger partial charge on any atom is -0.381 e. The van der Waals surface area contributed by atoms with E-state index in [1.54, 1.807) is 14.2 Å². The van der Waals surface area contributed by atoms with Gasteiger partial charge in [0.05, 0.1) is 24.4 Å². The number of Topliss-reactive ketones (excluding diaryl/α,β-unsaturated/α-hetero) is 2. The van der Waals surface area contributed by atoms with Gasteiger partial charge in [-0.1, -0.05) is 69.2 Å². The van der Waals surface area contributed by atoms with Crippen LogP contribution < -0.4 is 0 Å². The fraction of sp³-hybridized carbons (Fsp3) is 0.957. The molecular weight excluding hydrogens is 680 g/mol. The van der Waals surface area contributed by atoms with E-state index < -0.39 is 0 Å². The summed E-state index contributed by atoms with van der Waals surface area (Å²) < 4.78 is 35.4. The summed E-state index contributed by atoms with van der Waals surface area (Å²) in [6.07, 6.45) is 11.9. The third-order valence-corrected chi connectivity index (χ3v) is 17.8. The van der Waals surface area contributed by atoms with Crippen molar-refractivity contribution in [3.8, 4) is 0 Å². The Morgan fingerprint density at radius 3 is 1.56 bits per heavy atom. The Bertz CT molecular complexity index is 1300. The van der Waals surface area contributed by atoms with Crippen molar-refractivity contribution < 1.29 is 38.0 Å². The summed E-state index contributed by atoms with van der Waals surface area (Å²) in [5.41, 5.74) is -0.263. The number of ketones is 2. The van der Waals surface area contributed by atoms with Gasteiger partial charge in [-0.05, 0) is 111 Å². The molecular formula is C46H80O8. The Morgan fingerprint density at radius 2 is 1.09 bits per heavy atom. The molecule has 16 atom stereocenters. The monoisotopic (exact) mass is 761 g/mol. The van der Waals surface area contributed by atoms with Crippen LogP contribution in [-0.2, 0) is 38.0 Å². The SMILES string of the molecule is COCO[C@@H]1C[C@@](C)(CC(C)C)C(=O)[C@H](C)C23CC[C@@H](C)[C@]1(C)C2[C@H](OC)CC3.COCO[C@@H]1C[C@H](C)C(=O)[C@H](C)C23CC[C@@H](C)[C@]1(C)C2[C@H](OC)CC3. The minimum absolute atomic E-state index is 0.00178. The molecule has 0 spiro atoms. The van der Waals surface area contributed by atoms with Crippen LogP contribution in [-0.4, -0.2) is 78.0 Å². The molecule has 6 rings (SSSR count). The van der Waals surface area contributed by atoms with Crippen molar-refractivity contribution >= 4 is 11.6 Å². The van der Waals surface area contributed by atoms with Gasteiger partial charge in [0.2, 0.25) is 0 Å². The number of hydrogen-bond donors (Lipinski definition) is 0. The molecule has 0 saturated heterocycles. The Labute approximate surface area is 329 Å². The van der Waals surface area contributed by atoms with Crippen molar-refractivity contribution in [2.75, 3.05) is 42.0 Å². The number of rotatable bonds is 10. The smallest absolute Gasteiger partial charge is 0.146 e. The van der Waals surface area contributed by atoms with Crippen LogP contribution >= 0.6 is 0 Å². The van der Waals surface area contributed by atoms with E-state index >= 15 is 0 Å². The number of hydrogen-bond acceptors (Lipinski definition) is 8. The van der Waals surface area contributed by atoms with Gasteiger partial charge in [-0.2, -0.15) is 0 Å². The van der Waals surface area contributed by atoms with Crippen molar-refractivity contribution in [3.63, 3.8) is 0 Å². The van der Waals surface area contributed by atoms with Gasteiger partial charge in [0.25, 0.3) is 0 Å². The summed E-state index contributed by atoms with van der Waals surface area (Å²) in [5.74, 6) is 3.40. The molecule has 0 radical (unpaired) electrons. The zero-order valence-electron chi connectivity index (χ0n) is 36.9. The third-order valence-electron chi connectivity index (χ3n) is 17.8. The summed E-state index contributed by atoms with van der Waals surface area (Å²) >= 11 is 0. The largest absolute Gasteiger partial charge is 0.381 e. The highest BCUT2D eigenvalue weighted by Crippen LogP contribution is 2.70. The van der Waals surface area contributed by atoms with Gasteiger partial charge >= 0.3 is 0 Å². The zero-order valence-corrected chi connectivity index (χ0v) is 36.9. The molecule has 54 heavy (non-hydrogen) atoms. The molecule has 0 N–H and O–H groups in total. The van der Waals surface area contributed by atoms with E-state index in [2.05, 4.69) is 69.2 Å². The number of methoxy groups -OCH3 is 4. The number of ether oxygens (including phenoxy) is 6. The van der Waals surface area contributed by atoms with Crippen molar-refractivity contribution in [2.24, 2.45) is 74.4 Å². The van der Waals surface area contributed by atoms with Crippen LogP contribution in [0.1, 0.15) is 140 Å². The molecule has 0 aliphatic heterocycles. The van der Waals surface area contributed by atoms with E-state index in [4.69, 9.17) is 28.4 Å². The minimum atomic E-state index is -0.354. The second-order valence-electron chi connectivity index (χ2n) is 20.5. The van der Waals surface area contributed by atoms with Gasteiger partial charge in [-0.25, -0.2) is 0 Å². The van der Waals surface area contributed by atoms with Crippen LogP contribution in [0.4, 0.5) is 0 Å². The van der Waals surface area contributed by atoms with Gasteiger partial charge < -0.3 is 28.4 Å². The molecule has 8 nitrogen and oxygen atoms in total. The van der Waals surface area contributed by atoms with E-state index in [9.17, 15) is 9.59 Å². The first-order chi connectivity index (χ1) is 25.4. The lowest BCUT2D eigenvalue weighted by atomic mass is 9.43. The highest BCUT2D eigenvalue weighted by atomic mass is 16.7. The summed E-state index contributed by atoms with van der Waals surface area (Å²) in [6.45, 7) is 23.4.